The van der Waals surface area contributed by atoms with Gasteiger partial charge in [-0.25, -0.2) is 0 Å². The molecule has 0 spiro atoms. The summed E-state index contributed by atoms with van der Waals surface area (Å²) in [6, 6.07) is 19.8. The molecule has 1 saturated heterocycles. The third-order valence-corrected chi connectivity index (χ3v) is 6.25. The van der Waals surface area contributed by atoms with Crippen LogP contribution in [-0.2, 0) is 9.59 Å². The first kappa shape index (κ1) is 24.3. The molecule has 1 amide bonds. The van der Waals surface area contributed by atoms with Gasteiger partial charge in [-0.3, -0.25) is 14.5 Å². The van der Waals surface area contributed by atoms with Gasteiger partial charge in [0.05, 0.1) is 18.2 Å². The van der Waals surface area contributed by atoms with Crippen LogP contribution in [0.1, 0.15) is 60.5 Å². The van der Waals surface area contributed by atoms with E-state index in [0.29, 0.717) is 17.9 Å². The van der Waals surface area contributed by atoms with Crippen molar-refractivity contribution in [3.8, 4) is 5.75 Å². The van der Waals surface area contributed by atoms with E-state index >= 15 is 0 Å². The van der Waals surface area contributed by atoms with Crippen LogP contribution >= 0.6 is 0 Å². The highest BCUT2D eigenvalue weighted by Gasteiger charge is 2.47. The zero-order chi connectivity index (χ0) is 25.3. The Balaban J connectivity index is 1.94. The third kappa shape index (κ3) is 4.59. The Bertz CT molecular complexity index is 1290. The van der Waals surface area contributed by atoms with Gasteiger partial charge >= 0.3 is 0 Å². The van der Waals surface area contributed by atoms with Crippen LogP contribution in [-0.4, -0.2) is 23.4 Å². The van der Waals surface area contributed by atoms with Gasteiger partial charge < -0.3 is 9.84 Å². The van der Waals surface area contributed by atoms with E-state index in [9.17, 15) is 14.7 Å². The van der Waals surface area contributed by atoms with Gasteiger partial charge in [0.2, 0.25) is 0 Å². The van der Waals surface area contributed by atoms with Crippen molar-refractivity contribution in [2.24, 2.45) is 0 Å². The Morgan fingerprint density at radius 3 is 2.23 bits per heavy atom. The first-order valence-corrected chi connectivity index (χ1v) is 11.9. The number of nitrogens with zero attached hydrogens (tertiary/aromatic N) is 1. The van der Waals surface area contributed by atoms with Crippen molar-refractivity contribution in [1.82, 2.24) is 0 Å². The van der Waals surface area contributed by atoms with Gasteiger partial charge in [0.15, 0.2) is 0 Å². The van der Waals surface area contributed by atoms with Crippen molar-refractivity contribution in [3.05, 3.63) is 100 Å². The number of rotatable bonds is 6. The molecule has 5 heteroatoms. The Kier molecular flexibility index (Phi) is 6.79. The lowest BCUT2D eigenvalue weighted by Crippen LogP contribution is -2.29. The molecule has 5 nitrogen and oxygen atoms in total. The molecule has 0 saturated carbocycles. The lowest BCUT2D eigenvalue weighted by molar-refractivity contribution is -0.132. The minimum atomic E-state index is -0.744. The van der Waals surface area contributed by atoms with Gasteiger partial charge in [0.1, 0.15) is 11.5 Å². The Morgan fingerprint density at radius 1 is 0.971 bits per heavy atom. The first-order chi connectivity index (χ1) is 16.7. The second-order valence-electron chi connectivity index (χ2n) is 9.27. The third-order valence-electron chi connectivity index (χ3n) is 6.25. The summed E-state index contributed by atoms with van der Waals surface area (Å²) < 4.78 is 5.76. The van der Waals surface area contributed by atoms with Crippen molar-refractivity contribution >= 4 is 23.1 Å². The highest BCUT2D eigenvalue weighted by molar-refractivity contribution is 6.51. The maximum atomic E-state index is 13.4. The minimum Gasteiger partial charge on any atom is -0.507 e. The average Bonchev–Trinajstić information content (AvgIpc) is 3.09. The van der Waals surface area contributed by atoms with E-state index in [2.05, 4.69) is 0 Å². The number of aliphatic hydroxyl groups is 1. The molecule has 1 N–H and O–H groups in total. The molecule has 0 aromatic heterocycles. The van der Waals surface area contributed by atoms with Gasteiger partial charge in [-0.1, -0.05) is 50.2 Å². The minimum absolute atomic E-state index is 0.0826. The number of anilines is 1. The number of Topliss-reactive ketones (excluding diaryl/α,β-unsaturated/α-hetero) is 1. The van der Waals surface area contributed by atoms with Crippen LogP contribution in [0.15, 0.2) is 72.3 Å². The fourth-order valence-corrected chi connectivity index (χ4v) is 4.73. The molecule has 3 aromatic rings. The van der Waals surface area contributed by atoms with Gasteiger partial charge in [-0.2, -0.15) is 0 Å². The summed E-state index contributed by atoms with van der Waals surface area (Å²) in [5.74, 6) is -0.647. The van der Waals surface area contributed by atoms with E-state index in [1.165, 1.54) is 4.90 Å². The number of carbonyl (C=O) groups excluding carboxylic acids is 2. The Morgan fingerprint density at radius 2 is 1.63 bits per heavy atom. The molecular weight excluding hydrogens is 438 g/mol. The number of aliphatic hydroxyl groups excluding tert-OH is 1. The van der Waals surface area contributed by atoms with Gasteiger partial charge in [0, 0.05) is 11.3 Å². The fraction of sp³-hybridized carbons (Fsp3) is 0.267. The van der Waals surface area contributed by atoms with Crippen LogP contribution in [0.25, 0.3) is 5.76 Å². The van der Waals surface area contributed by atoms with Crippen molar-refractivity contribution in [2.75, 3.05) is 11.5 Å². The Labute approximate surface area is 206 Å². The molecule has 1 fully saturated rings. The molecule has 0 bridgehead atoms. The van der Waals surface area contributed by atoms with Crippen molar-refractivity contribution in [1.29, 1.82) is 0 Å². The number of ketones is 1. The first-order valence-electron chi connectivity index (χ1n) is 11.9. The summed E-state index contributed by atoms with van der Waals surface area (Å²) in [4.78, 5) is 28.3. The molecule has 0 aliphatic carbocycles. The van der Waals surface area contributed by atoms with Crippen molar-refractivity contribution in [2.45, 2.75) is 46.6 Å². The number of carbonyl (C=O) groups is 2. The maximum Gasteiger partial charge on any atom is 0.300 e. The predicted molar refractivity (Wildman–Crippen MR) is 139 cm³/mol. The maximum absolute atomic E-state index is 13.4. The van der Waals surface area contributed by atoms with Crippen molar-refractivity contribution in [3.63, 3.8) is 0 Å². The molecule has 35 heavy (non-hydrogen) atoms. The van der Waals surface area contributed by atoms with E-state index in [4.69, 9.17) is 4.74 Å². The molecule has 1 unspecified atom stereocenters. The van der Waals surface area contributed by atoms with Crippen LogP contribution in [0, 0.1) is 13.8 Å². The van der Waals surface area contributed by atoms with E-state index in [1.54, 1.807) is 6.07 Å². The van der Waals surface area contributed by atoms with E-state index < -0.39 is 17.7 Å². The molecular formula is C30H31NO4. The van der Waals surface area contributed by atoms with Gasteiger partial charge in [-0.15, -0.1) is 0 Å². The number of hydrogen-bond donors (Lipinski definition) is 1. The fourth-order valence-electron chi connectivity index (χ4n) is 4.73. The molecule has 180 valence electrons. The number of aryl methyl sites for hydroxylation is 2. The highest BCUT2D eigenvalue weighted by Crippen LogP contribution is 2.43. The second-order valence-corrected chi connectivity index (χ2v) is 9.27. The van der Waals surface area contributed by atoms with Gasteiger partial charge in [0.25, 0.3) is 11.7 Å². The summed E-state index contributed by atoms with van der Waals surface area (Å²) in [6.07, 6.45) is 0. The SMILES string of the molecule is CCOc1ccc(/C(O)=C2/C(=O)C(=O)N(c3cc(C)cc(C)c3)C2c2ccccc2)cc1C(C)C. The quantitative estimate of drug-likeness (QED) is 0.256. The summed E-state index contributed by atoms with van der Waals surface area (Å²) in [5, 5.41) is 11.5. The average molecular weight is 470 g/mol. The van der Waals surface area contributed by atoms with Crippen LogP contribution in [0.3, 0.4) is 0 Å². The number of ether oxygens (including phenoxy) is 1. The van der Waals surface area contributed by atoms with Gasteiger partial charge in [-0.05, 0) is 79.3 Å². The monoisotopic (exact) mass is 469 g/mol. The standard InChI is InChI=1S/C30H31NO4/c1-6-35-25-13-12-22(17-24(25)18(2)3)28(32)26-27(21-10-8-7-9-11-21)31(30(34)29(26)33)23-15-19(4)14-20(5)16-23/h7-18,27,32H,6H2,1-5H3/b28-26-. The molecule has 1 heterocycles. The number of benzene rings is 3. The largest absolute Gasteiger partial charge is 0.507 e. The summed E-state index contributed by atoms with van der Waals surface area (Å²) >= 11 is 0. The number of hydrogen-bond acceptors (Lipinski definition) is 4. The molecule has 1 aliphatic heterocycles. The van der Waals surface area contributed by atoms with E-state index in [1.807, 2.05) is 95.3 Å². The molecule has 1 aliphatic rings. The van der Waals surface area contributed by atoms with Crippen LogP contribution in [0.5, 0.6) is 5.75 Å². The topological polar surface area (TPSA) is 66.8 Å². The lowest BCUT2D eigenvalue weighted by atomic mass is 9.93. The zero-order valence-electron chi connectivity index (χ0n) is 20.8. The highest BCUT2D eigenvalue weighted by atomic mass is 16.5. The Hall–Kier alpha value is -3.86. The number of amides is 1. The predicted octanol–water partition coefficient (Wildman–Crippen LogP) is 6.45. The summed E-state index contributed by atoms with van der Waals surface area (Å²) in [7, 11) is 0. The van der Waals surface area contributed by atoms with Crippen LogP contribution in [0.4, 0.5) is 5.69 Å². The molecule has 0 radical (unpaired) electrons. The van der Waals surface area contributed by atoms with Crippen LogP contribution in [0.2, 0.25) is 0 Å². The summed E-state index contributed by atoms with van der Waals surface area (Å²) in [5.41, 5.74) is 4.85. The smallest absolute Gasteiger partial charge is 0.300 e. The van der Waals surface area contributed by atoms with E-state index in [0.717, 1.165) is 28.0 Å². The second kappa shape index (κ2) is 9.79. The molecule has 3 aromatic carbocycles. The van der Waals surface area contributed by atoms with Crippen molar-refractivity contribution < 1.29 is 19.4 Å². The zero-order valence-corrected chi connectivity index (χ0v) is 20.8. The summed E-state index contributed by atoms with van der Waals surface area (Å²) in [6.45, 7) is 10.5. The normalized spacial score (nSPS) is 17.3. The van der Waals surface area contributed by atoms with E-state index in [-0.39, 0.29) is 17.3 Å². The molecule has 1 atom stereocenters. The van der Waals surface area contributed by atoms with Crippen LogP contribution < -0.4 is 9.64 Å². The molecule has 4 rings (SSSR count). The lowest BCUT2D eigenvalue weighted by Gasteiger charge is -2.26.